The van der Waals surface area contributed by atoms with Crippen molar-refractivity contribution in [2.75, 3.05) is 0 Å². The minimum absolute atomic E-state index is 0.0863. The Morgan fingerprint density at radius 2 is 2.09 bits per heavy atom. The molecule has 110 valence electrons. The molecule has 0 amide bonds. The maximum Gasteiger partial charge on any atom is 0.225 e. The standard InChI is InChI=1S/C17H14ClN3O/c1-10-20-15-9-19-5-4-16(15)21(10)14-3-2-11-6-13(17(18)22)7-12(11)8-14/h2-5,8-9,13H,6-7H2,1H3. The minimum Gasteiger partial charge on any atom is -0.296 e. The number of pyridine rings is 1. The summed E-state index contributed by atoms with van der Waals surface area (Å²) < 4.78 is 2.12. The van der Waals surface area contributed by atoms with Gasteiger partial charge in [-0.2, -0.15) is 0 Å². The summed E-state index contributed by atoms with van der Waals surface area (Å²) in [5.41, 5.74) is 5.40. The maximum absolute atomic E-state index is 11.4. The fourth-order valence-corrected chi connectivity index (χ4v) is 3.44. The van der Waals surface area contributed by atoms with Gasteiger partial charge in [0.05, 0.1) is 11.7 Å². The van der Waals surface area contributed by atoms with Crippen LogP contribution in [0.2, 0.25) is 0 Å². The first-order chi connectivity index (χ1) is 10.6. The van der Waals surface area contributed by atoms with Crippen LogP contribution in [-0.2, 0) is 17.6 Å². The van der Waals surface area contributed by atoms with Crippen molar-refractivity contribution < 1.29 is 4.79 Å². The molecule has 1 unspecified atom stereocenters. The molecule has 2 aromatic heterocycles. The number of halogens is 1. The molecule has 5 heteroatoms. The average molecular weight is 312 g/mol. The van der Waals surface area contributed by atoms with Crippen LogP contribution in [-0.4, -0.2) is 19.8 Å². The van der Waals surface area contributed by atoms with Gasteiger partial charge < -0.3 is 0 Å². The molecule has 2 heterocycles. The lowest BCUT2D eigenvalue weighted by Gasteiger charge is -2.09. The second-order valence-electron chi connectivity index (χ2n) is 5.72. The lowest BCUT2D eigenvalue weighted by atomic mass is 10.1. The van der Waals surface area contributed by atoms with Crippen LogP contribution in [0.15, 0.2) is 36.7 Å². The summed E-state index contributed by atoms with van der Waals surface area (Å²) in [7, 11) is 0. The maximum atomic E-state index is 11.4. The smallest absolute Gasteiger partial charge is 0.225 e. The van der Waals surface area contributed by atoms with Crippen LogP contribution in [0, 0.1) is 12.8 Å². The van der Waals surface area contributed by atoms with Gasteiger partial charge in [0.25, 0.3) is 0 Å². The van der Waals surface area contributed by atoms with Crippen LogP contribution in [0.4, 0.5) is 0 Å². The molecule has 0 radical (unpaired) electrons. The molecule has 4 nitrogen and oxygen atoms in total. The number of rotatable bonds is 2. The van der Waals surface area contributed by atoms with Gasteiger partial charge in [-0.05, 0) is 60.7 Å². The predicted octanol–water partition coefficient (Wildman–Crippen LogP) is 3.21. The van der Waals surface area contributed by atoms with Gasteiger partial charge >= 0.3 is 0 Å². The number of aromatic nitrogens is 3. The van der Waals surface area contributed by atoms with Crippen LogP contribution >= 0.6 is 11.6 Å². The Hall–Kier alpha value is -2.20. The normalized spacial score (nSPS) is 16.9. The number of benzene rings is 1. The lowest BCUT2D eigenvalue weighted by Crippen LogP contribution is -2.07. The van der Waals surface area contributed by atoms with E-state index in [-0.39, 0.29) is 11.2 Å². The van der Waals surface area contributed by atoms with E-state index in [1.807, 2.05) is 13.0 Å². The fraction of sp³-hybridized carbons (Fsp3) is 0.235. The monoisotopic (exact) mass is 311 g/mol. The van der Waals surface area contributed by atoms with Crippen LogP contribution in [0.3, 0.4) is 0 Å². The first kappa shape index (κ1) is 13.5. The Morgan fingerprint density at radius 1 is 1.27 bits per heavy atom. The van der Waals surface area contributed by atoms with E-state index in [2.05, 4.69) is 32.7 Å². The predicted molar refractivity (Wildman–Crippen MR) is 85.4 cm³/mol. The summed E-state index contributed by atoms with van der Waals surface area (Å²) in [5, 5.41) is -0.243. The average Bonchev–Trinajstić information content (AvgIpc) is 3.06. The van der Waals surface area contributed by atoms with Crippen LogP contribution < -0.4 is 0 Å². The van der Waals surface area contributed by atoms with Crippen molar-refractivity contribution >= 4 is 27.9 Å². The molecule has 0 bridgehead atoms. The zero-order valence-corrected chi connectivity index (χ0v) is 12.8. The van der Waals surface area contributed by atoms with Crippen molar-refractivity contribution in [2.45, 2.75) is 19.8 Å². The van der Waals surface area contributed by atoms with E-state index >= 15 is 0 Å². The van der Waals surface area contributed by atoms with E-state index in [0.717, 1.165) is 35.4 Å². The number of nitrogens with zero attached hydrogens (tertiary/aromatic N) is 3. The molecule has 1 aliphatic carbocycles. The van der Waals surface area contributed by atoms with Crippen LogP contribution in [0.25, 0.3) is 16.7 Å². The van der Waals surface area contributed by atoms with E-state index in [9.17, 15) is 4.79 Å². The number of hydrogen-bond acceptors (Lipinski definition) is 3. The third-order valence-electron chi connectivity index (χ3n) is 4.33. The summed E-state index contributed by atoms with van der Waals surface area (Å²) in [6.07, 6.45) is 5.01. The van der Waals surface area contributed by atoms with E-state index in [4.69, 9.17) is 11.6 Å². The van der Waals surface area contributed by atoms with Gasteiger partial charge in [0.1, 0.15) is 11.3 Å². The first-order valence-corrected chi connectivity index (χ1v) is 7.62. The summed E-state index contributed by atoms with van der Waals surface area (Å²) in [6.45, 7) is 1.98. The molecular formula is C17H14ClN3O. The molecule has 22 heavy (non-hydrogen) atoms. The lowest BCUT2D eigenvalue weighted by molar-refractivity contribution is -0.114. The quantitative estimate of drug-likeness (QED) is 0.683. The first-order valence-electron chi connectivity index (χ1n) is 7.24. The third kappa shape index (κ3) is 2.03. The van der Waals surface area contributed by atoms with Crippen LogP contribution in [0.5, 0.6) is 0 Å². The number of carbonyl (C=O) groups excluding carboxylic acids is 1. The summed E-state index contributed by atoms with van der Waals surface area (Å²) in [4.78, 5) is 20.1. The van der Waals surface area contributed by atoms with Crippen molar-refractivity contribution in [2.24, 2.45) is 5.92 Å². The Morgan fingerprint density at radius 3 is 2.91 bits per heavy atom. The highest BCUT2D eigenvalue weighted by Gasteiger charge is 2.26. The Kier molecular flexibility index (Phi) is 3.01. The fourth-order valence-electron chi connectivity index (χ4n) is 3.28. The molecule has 0 N–H and O–H groups in total. The minimum atomic E-state index is -0.243. The van der Waals surface area contributed by atoms with E-state index in [0.29, 0.717) is 0 Å². The zero-order chi connectivity index (χ0) is 15.3. The van der Waals surface area contributed by atoms with Gasteiger partial charge in [-0.1, -0.05) is 6.07 Å². The van der Waals surface area contributed by atoms with Crippen molar-refractivity contribution in [1.82, 2.24) is 14.5 Å². The van der Waals surface area contributed by atoms with Gasteiger partial charge in [0, 0.05) is 17.8 Å². The number of imidazole rings is 1. The third-order valence-corrected chi connectivity index (χ3v) is 4.63. The van der Waals surface area contributed by atoms with E-state index in [1.54, 1.807) is 12.4 Å². The summed E-state index contributed by atoms with van der Waals surface area (Å²) in [5.74, 6) is 0.836. The molecule has 1 aliphatic rings. The molecular weight excluding hydrogens is 298 g/mol. The van der Waals surface area contributed by atoms with E-state index < -0.39 is 0 Å². The SMILES string of the molecule is Cc1nc2cnccc2n1-c1ccc2c(c1)CC(C(=O)Cl)C2. The van der Waals surface area contributed by atoms with Crippen molar-refractivity contribution in [3.8, 4) is 5.69 Å². The summed E-state index contributed by atoms with van der Waals surface area (Å²) >= 11 is 5.66. The Bertz CT molecular complexity index is 900. The molecule has 4 rings (SSSR count). The van der Waals surface area contributed by atoms with Crippen molar-refractivity contribution in [3.05, 3.63) is 53.6 Å². The van der Waals surface area contributed by atoms with Gasteiger partial charge in [-0.3, -0.25) is 14.3 Å². The molecule has 3 aromatic rings. The van der Waals surface area contributed by atoms with Crippen molar-refractivity contribution in [3.63, 3.8) is 0 Å². The van der Waals surface area contributed by atoms with Gasteiger partial charge in [0.15, 0.2) is 0 Å². The molecule has 1 aromatic carbocycles. The van der Waals surface area contributed by atoms with Gasteiger partial charge in [-0.25, -0.2) is 4.98 Å². The molecule has 0 saturated heterocycles. The molecule has 0 saturated carbocycles. The van der Waals surface area contributed by atoms with Crippen molar-refractivity contribution in [1.29, 1.82) is 0 Å². The second-order valence-corrected chi connectivity index (χ2v) is 6.09. The molecule has 0 aliphatic heterocycles. The highest BCUT2D eigenvalue weighted by molar-refractivity contribution is 6.64. The second kappa shape index (κ2) is 4.92. The summed E-state index contributed by atoms with van der Waals surface area (Å²) in [6, 6.07) is 8.28. The molecule has 0 spiro atoms. The number of hydrogen-bond donors (Lipinski definition) is 0. The highest BCUT2D eigenvalue weighted by Crippen LogP contribution is 2.31. The molecule has 1 atom stereocenters. The van der Waals surface area contributed by atoms with Crippen LogP contribution in [0.1, 0.15) is 17.0 Å². The topological polar surface area (TPSA) is 47.8 Å². The Balaban J connectivity index is 1.83. The van der Waals surface area contributed by atoms with Gasteiger partial charge in [0.2, 0.25) is 5.24 Å². The molecule has 0 fully saturated rings. The highest BCUT2D eigenvalue weighted by atomic mass is 35.5. The van der Waals surface area contributed by atoms with Gasteiger partial charge in [-0.15, -0.1) is 0 Å². The van der Waals surface area contributed by atoms with E-state index in [1.165, 1.54) is 11.1 Å². The number of aryl methyl sites for hydroxylation is 1. The number of carbonyl (C=O) groups is 1. The zero-order valence-electron chi connectivity index (χ0n) is 12.1. The number of fused-ring (bicyclic) bond motifs is 2. The largest absolute Gasteiger partial charge is 0.296 e. The Labute approximate surface area is 132 Å².